The SMILES string of the molecule is C=CCn1cc(Cc2ccccc2)nc1Cl. The minimum atomic E-state index is 0.519. The minimum Gasteiger partial charge on any atom is -0.318 e. The van der Waals surface area contributed by atoms with Gasteiger partial charge in [-0.25, -0.2) is 4.98 Å². The van der Waals surface area contributed by atoms with Crippen molar-refractivity contribution >= 4 is 11.6 Å². The van der Waals surface area contributed by atoms with Crippen LogP contribution in [-0.2, 0) is 13.0 Å². The van der Waals surface area contributed by atoms with Crippen molar-refractivity contribution in [1.82, 2.24) is 9.55 Å². The van der Waals surface area contributed by atoms with Gasteiger partial charge in [0, 0.05) is 19.2 Å². The van der Waals surface area contributed by atoms with E-state index in [4.69, 9.17) is 11.6 Å². The molecule has 0 N–H and O–H groups in total. The Kier molecular flexibility index (Phi) is 3.42. The number of allylic oxidation sites excluding steroid dienone is 1. The van der Waals surface area contributed by atoms with Crippen LogP contribution in [0.5, 0.6) is 0 Å². The van der Waals surface area contributed by atoms with Crippen molar-refractivity contribution in [2.75, 3.05) is 0 Å². The van der Waals surface area contributed by atoms with Gasteiger partial charge >= 0.3 is 0 Å². The third-order valence-corrected chi connectivity index (χ3v) is 2.63. The van der Waals surface area contributed by atoms with Gasteiger partial charge in [-0.05, 0) is 17.2 Å². The first kappa shape index (κ1) is 11.0. The van der Waals surface area contributed by atoms with Crippen LogP contribution in [-0.4, -0.2) is 9.55 Å². The number of rotatable bonds is 4. The highest BCUT2D eigenvalue weighted by Gasteiger charge is 2.04. The van der Waals surface area contributed by atoms with E-state index in [1.165, 1.54) is 5.56 Å². The maximum absolute atomic E-state index is 5.99. The van der Waals surface area contributed by atoms with Crippen molar-refractivity contribution in [2.24, 2.45) is 0 Å². The highest BCUT2D eigenvalue weighted by Crippen LogP contribution is 2.13. The molecule has 0 aliphatic heterocycles. The number of hydrogen-bond acceptors (Lipinski definition) is 1. The van der Waals surface area contributed by atoms with E-state index < -0.39 is 0 Å². The zero-order valence-electron chi connectivity index (χ0n) is 8.94. The van der Waals surface area contributed by atoms with Crippen molar-refractivity contribution in [2.45, 2.75) is 13.0 Å². The number of hydrogen-bond donors (Lipinski definition) is 0. The lowest BCUT2D eigenvalue weighted by Gasteiger charge is -1.96. The average Bonchev–Trinajstić information content (AvgIpc) is 2.61. The fraction of sp³-hybridized carbons (Fsp3) is 0.154. The summed E-state index contributed by atoms with van der Waals surface area (Å²) in [5, 5.41) is 0.519. The summed E-state index contributed by atoms with van der Waals surface area (Å²) < 4.78 is 1.88. The summed E-state index contributed by atoms with van der Waals surface area (Å²) >= 11 is 5.99. The summed E-state index contributed by atoms with van der Waals surface area (Å²) in [6, 6.07) is 10.2. The van der Waals surface area contributed by atoms with Crippen molar-refractivity contribution < 1.29 is 0 Å². The lowest BCUT2D eigenvalue weighted by molar-refractivity contribution is 0.822. The fourth-order valence-electron chi connectivity index (χ4n) is 1.60. The number of imidazole rings is 1. The van der Waals surface area contributed by atoms with Gasteiger partial charge in [0.2, 0.25) is 5.28 Å². The Morgan fingerprint density at radius 1 is 1.31 bits per heavy atom. The number of benzene rings is 1. The molecule has 3 heteroatoms. The molecule has 16 heavy (non-hydrogen) atoms. The molecule has 82 valence electrons. The Labute approximate surface area is 100 Å². The first-order chi connectivity index (χ1) is 7.79. The Morgan fingerprint density at radius 2 is 2.06 bits per heavy atom. The first-order valence-corrected chi connectivity index (χ1v) is 5.54. The Balaban J connectivity index is 2.16. The summed E-state index contributed by atoms with van der Waals surface area (Å²) in [6.07, 6.45) is 4.58. The molecule has 2 nitrogen and oxygen atoms in total. The summed E-state index contributed by atoms with van der Waals surface area (Å²) in [5.74, 6) is 0. The smallest absolute Gasteiger partial charge is 0.203 e. The Bertz CT molecular complexity index is 474. The molecular formula is C13H13ClN2. The summed E-state index contributed by atoms with van der Waals surface area (Å²) in [6.45, 7) is 4.38. The van der Waals surface area contributed by atoms with Crippen LogP contribution in [0.25, 0.3) is 0 Å². The monoisotopic (exact) mass is 232 g/mol. The topological polar surface area (TPSA) is 17.8 Å². The average molecular weight is 233 g/mol. The van der Waals surface area contributed by atoms with E-state index in [-0.39, 0.29) is 0 Å². The molecule has 0 spiro atoms. The van der Waals surface area contributed by atoms with Crippen molar-refractivity contribution in [1.29, 1.82) is 0 Å². The molecule has 0 aliphatic carbocycles. The Hall–Kier alpha value is -1.54. The second-order valence-electron chi connectivity index (χ2n) is 3.60. The number of nitrogens with zero attached hydrogens (tertiary/aromatic N) is 2. The lowest BCUT2D eigenvalue weighted by Crippen LogP contribution is -1.92. The van der Waals surface area contributed by atoms with Gasteiger partial charge in [-0.1, -0.05) is 36.4 Å². The van der Waals surface area contributed by atoms with E-state index in [0.717, 1.165) is 12.1 Å². The van der Waals surface area contributed by atoms with Crippen molar-refractivity contribution in [3.05, 3.63) is 65.7 Å². The molecule has 0 atom stereocenters. The molecule has 2 rings (SSSR count). The molecule has 1 heterocycles. The molecule has 0 bridgehead atoms. The van der Waals surface area contributed by atoms with Gasteiger partial charge in [0.1, 0.15) is 0 Å². The highest BCUT2D eigenvalue weighted by atomic mass is 35.5. The summed E-state index contributed by atoms with van der Waals surface area (Å²) in [4.78, 5) is 4.31. The van der Waals surface area contributed by atoms with Crippen LogP contribution in [0.2, 0.25) is 5.28 Å². The van der Waals surface area contributed by atoms with Gasteiger partial charge < -0.3 is 4.57 Å². The zero-order valence-corrected chi connectivity index (χ0v) is 9.69. The van der Waals surface area contributed by atoms with Crippen molar-refractivity contribution in [3.63, 3.8) is 0 Å². The third-order valence-electron chi connectivity index (χ3n) is 2.33. The van der Waals surface area contributed by atoms with Gasteiger partial charge in [0.15, 0.2) is 0 Å². The van der Waals surface area contributed by atoms with Gasteiger partial charge in [-0.2, -0.15) is 0 Å². The number of halogens is 1. The molecule has 2 aromatic rings. The molecule has 0 fully saturated rings. The van der Waals surface area contributed by atoms with Crippen molar-refractivity contribution in [3.8, 4) is 0 Å². The largest absolute Gasteiger partial charge is 0.318 e. The molecule has 0 saturated carbocycles. The molecule has 0 aliphatic rings. The molecule has 0 saturated heterocycles. The molecule has 1 aromatic heterocycles. The fourth-order valence-corrected chi connectivity index (χ4v) is 1.83. The molecule has 0 radical (unpaired) electrons. The van der Waals surface area contributed by atoms with E-state index in [2.05, 4.69) is 23.7 Å². The van der Waals surface area contributed by atoms with Crippen LogP contribution in [0.15, 0.2) is 49.2 Å². The van der Waals surface area contributed by atoms with Crippen LogP contribution in [0.4, 0.5) is 0 Å². The Morgan fingerprint density at radius 3 is 2.75 bits per heavy atom. The van der Waals surface area contributed by atoms with Crippen LogP contribution >= 0.6 is 11.6 Å². The zero-order chi connectivity index (χ0) is 11.4. The minimum absolute atomic E-state index is 0.519. The van der Waals surface area contributed by atoms with E-state index in [1.807, 2.05) is 29.0 Å². The van der Waals surface area contributed by atoms with Gasteiger partial charge in [0.25, 0.3) is 0 Å². The summed E-state index contributed by atoms with van der Waals surface area (Å²) in [5.41, 5.74) is 2.22. The van der Waals surface area contributed by atoms with Gasteiger partial charge in [-0.15, -0.1) is 6.58 Å². The predicted octanol–water partition coefficient (Wildman–Crippen LogP) is 3.31. The third kappa shape index (κ3) is 2.52. The van der Waals surface area contributed by atoms with Gasteiger partial charge in [-0.3, -0.25) is 0 Å². The standard InChI is InChI=1S/C13H13ClN2/c1-2-8-16-10-12(15-13(16)14)9-11-6-4-3-5-7-11/h2-7,10H,1,8-9H2. The van der Waals surface area contributed by atoms with E-state index >= 15 is 0 Å². The lowest BCUT2D eigenvalue weighted by atomic mass is 10.1. The molecule has 0 amide bonds. The number of aromatic nitrogens is 2. The normalized spacial score (nSPS) is 10.3. The maximum atomic E-state index is 5.99. The molecular weight excluding hydrogens is 220 g/mol. The van der Waals surface area contributed by atoms with Crippen LogP contribution < -0.4 is 0 Å². The molecule has 1 aromatic carbocycles. The van der Waals surface area contributed by atoms with E-state index in [1.54, 1.807) is 6.08 Å². The second-order valence-corrected chi connectivity index (χ2v) is 3.94. The molecule has 0 unspecified atom stereocenters. The maximum Gasteiger partial charge on any atom is 0.203 e. The second kappa shape index (κ2) is 4.99. The predicted molar refractivity (Wildman–Crippen MR) is 66.7 cm³/mol. The van der Waals surface area contributed by atoms with E-state index in [9.17, 15) is 0 Å². The van der Waals surface area contributed by atoms with Crippen LogP contribution in [0.1, 0.15) is 11.3 Å². The highest BCUT2D eigenvalue weighted by molar-refractivity contribution is 6.28. The van der Waals surface area contributed by atoms with Crippen LogP contribution in [0, 0.1) is 0 Å². The van der Waals surface area contributed by atoms with Crippen LogP contribution in [0.3, 0.4) is 0 Å². The first-order valence-electron chi connectivity index (χ1n) is 5.16. The van der Waals surface area contributed by atoms with Gasteiger partial charge in [0.05, 0.1) is 5.69 Å². The summed E-state index contributed by atoms with van der Waals surface area (Å²) in [7, 11) is 0. The van der Waals surface area contributed by atoms with E-state index in [0.29, 0.717) is 11.8 Å². The quantitative estimate of drug-likeness (QED) is 0.740.